The van der Waals surface area contributed by atoms with Gasteiger partial charge in [0.25, 0.3) is 0 Å². The predicted molar refractivity (Wildman–Crippen MR) is 83.7 cm³/mol. The first kappa shape index (κ1) is 14.6. The van der Waals surface area contributed by atoms with E-state index in [2.05, 4.69) is 36.3 Å². The van der Waals surface area contributed by atoms with E-state index < -0.39 is 0 Å². The third kappa shape index (κ3) is 3.86. The number of nitrogens with one attached hydrogen (secondary N) is 2. The molecular formula is C17H24N2O. The van der Waals surface area contributed by atoms with E-state index in [1.807, 2.05) is 18.3 Å². The first-order valence-corrected chi connectivity index (χ1v) is 7.55. The molecule has 1 aromatic heterocycles. The van der Waals surface area contributed by atoms with Gasteiger partial charge in [0.2, 0.25) is 5.91 Å². The van der Waals surface area contributed by atoms with Crippen molar-refractivity contribution in [2.24, 2.45) is 0 Å². The first-order chi connectivity index (χ1) is 9.70. The fourth-order valence-electron chi connectivity index (χ4n) is 2.52. The Hall–Kier alpha value is -1.77. The standard InChI is InChI=1S/C17H24N2O/c1-3-4-7-13(2)19-17(20)11-10-14-12-18-16-9-6-5-8-15(14)16/h5-6,8-9,12-13,18H,3-4,7,10-11H2,1-2H3,(H,19,20). The minimum atomic E-state index is 0.152. The van der Waals surface area contributed by atoms with Crippen molar-refractivity contribution in [3.63, 3.8) is 0 Å². The Morgan fingerprint density at radius 3 is 2.95 bits per heavy atom. The maximum atomic E-state index is 11.9. The Bertz CT molecular complexity index is 559. The van der Waals surface area contributed by atoms with Crippen molar-refractivity contribution in [2.75, 3.05) is 0 Å². The van der Waals surface area contributed by atoms with Crippen LogP contribution in [0.4, 0.5) is 0 Å². The molecule has 0 fully saturated rings. The lowest BCUT2D eigenvalue weighted by molar-refractivity contribution is -0.121. The van der Waals surface area contributed by atoms with Gasteiger partial charge in [-0.2, -0.15) is 0 Å². The first-order valence-electron chi connectivity index (χ1n) is 7.55. The van der Waals surface area contributed by atoms with Crippen molar-refractivity contribution in [1.82, 2.24) is 10.3 Å². The Balaban J connectivity index is 1.84. The molecule has 0 spiro atoms. The number of hydrogen-bond acceptors (Lipinski definition) is 1. The molecule has 0 aliphatic heterocycles. The van der Waals surface area contributed by atoms with Gasteiger partial charge in [-0.05, 0) is 31.4 Å². The van der Waals surface area contributed by atoms with Crippen LogP contribution in [-0.2, 0) is 11.2 Å². The second kappa shape index (κ2) is 7.13. The Morgan fingerprint density at radius 1 is 1.35 bits per heavy atom. The van der Waals surface area contributed by atoms with E-state index in [0.717, 1.165) is 18.4 Å². The van der Waals surface area contributed by atoms with E-state index >= 15 is 0 Å². The topological polar surface area (TPSA) is 44.9 Å². The normalized spacial score (nSPS) is 12.5. The molecule has 1 amide bonds. The summed E-state index contributed by atoms with van der Waals surface area (Å²) in [6.07, 6.45) is 6.77. The molecule has 0 aliphatic carbocycles. The van der Waals surface area contributed by atoms with Gasteiger partial charge >= 0.3 is 0 Å². The van der Waals surface area contributed by atoms with Crippen LogP contribution in [0, 0.1) is 0 Å². The monoisotopic (exact) mass is 272 g/mol. The van der Waals surface area contributed by atoms with E-state index in [1.54, 1.807) is 0 Å². The second-order valence-corrected chi connectivity index (χ2v) is 5.47. The molecular weight excluding hydrogens is 248 g/mol. The highest BCUT2D eigenvalue weighted by atomic mass is 16.1. The molecule has 0 saturated heterocycles. The maximum absolute atomic E-state index is 11.9. The number of benzene rings is 1. The lowest BCUT2D eigenvalue weighted by Gasteiger charge is -2.13. The molecule has 20 heavy (non-hydrogen) atoms. The number of aromatic amines is 1. The molecule has 3 nitrogen and oxygen atoms in total. The lowest BCUT2D eigenvalue weighted by atomic mass is 10.1. The molecule has 0 saturated carbocycles. The van der Waals surface area contributed by atoms with E-state index in [-0.39, 0.29) is 11.9 Å². The molecule has 0 aliphatic rings. The summed E-state index contributed by atoms with van der Waals surface area (Å²) in [6.45, 7) is 4.25. The smallest absolute Gasteiger partial charge is 0.220 e. The average Bonchev–Trinajstić information content (AvgIpc) is 2.86. The van der Waals surface area contributed by atoms with Crippen molar-refractivity contribution in [3.05, 3.63) is 36.0 Å². The van der Waals surface area contributed by atoms with Crippen LogP contribution in [-0.4, -0.2) is 16.9 Å². The van der Waals surface area contributed by atoms with E-state index in [4.69, 9.17) is 0 Å². The van der Waals surface area contributed by atoms with Gasteiger partial charge < -0.3 is 10.3 Å². The largest absolute Gasteiger partial charge is 0.361 e. The fraction of sp³-hybridized carbons (Fsp3) is 0.471. The number of amides is 1. The van der Waals surface area contributed by atoms with Crippen LogP contribution >= 0.6 is 0 Å². The number of H-pyrrole nitrogens is 1. The number of hydrogen-bond donors (Lipinski definition) is 2. The highest BCUT2D eigenvalue weighted by Crippen LogP contribution is 2.18. The fourth-order valence-corrected chi connectivity index (χ4v) is 2.52. The molecule has 1 aromatic carbocycles. The Kier molecular flexibility index (Phi) is 5.22. The Labute approximate surface area is 120 Å². The summed E-state index contributed by atoms with van der Waals surface area (Å²) in [5, 5.41) is 4.30. The van der Waals surface area contributed by atoms with Gasteiger partial charge in [-0.25, -0.2) is 0 Å². The molecule has 108 valence electrons. The lowest BCUT2D eigenvalue weighted by Crippen LogP contribution is -2.32. The zero-order valence-electron chi connectivity index (χ0n) is 12.4. The van der Waals surface area contributed by atoms with Gasteiger partial charge in [0.1, 0.15) is 0 Å². The van der Waals surface area contributed by atoms with Gasteiger partial charge in [-0.3, -0.25) is 4.79 Å². The second-order valence-electron chi connectivity index (χ2n) is 5.47. The van der Waals surface area contributed by atoms with Gasteiger partial charge in [0.15, 0.2) is 0 Å². The van der Waals surface area contributed by atoms with Crippen molar-refractivity contribution in [3.8, 4) is 0 Å². The highest BCUT2D eigenvalue weighted by molar-refractivity contribution is 5.84. The van der Waals surface area contributed by atoms with Crippen LogP contribution in [0.1, 0.15) is 45.1 Å². The molecule has 0 radical (unpaired) electrons. The molecule has 3 heteroatoms. The van der Waals surface area contributed by atoms with Crippen molar-refractivity contribution in [2.45, 2.75) is 52.0 Å². The summed E-state index contributed by atoms with van der Waals surface area (Å²) in [4.78, 5) is 15.2. The van der Waals surface area contributed by atoms with Gasteiger partial charge in [0.05, 0.1) is 0 Å². The van der Waals surface area contributed by atoms with Crippen LogP contribution in [0.2, 0.25) is 0 Å². The average molecular weight is 272 g/mol. The number of aryl methyl sites for hydroxylation is 1. The van der Waals surface area contributed by atoms with Crippen molar-refractivity contribution < 1.29 is 4.79 Å². The number of rotatable bonds is 7. The maximum Gasteiger partial charge on any atom is 0.220 e. The summed E-state index contributed by atoms with van der Waals surface area (Å²) < 4.78 is 0. The molecule has 1 atom stereocenters. The van der Waals surface area contributed by atoms with Gasteiger partial charge in [0, 0.05) is 29.6 Å². The zero-order chi connectivity index (χ0) is 14.4. The van der Waals surface area contributed by atoms with E-state index in [1.165, 1.54) is 23.8 Å². The number of fused-ring (bicyclic) bond motifs is 1. The van der Waals surface area contributed by atoms with Crippen LogP contribution in [0.15, 0.2) is 30.5 Å². The number of carbonyl (C=O) groups excluding carboxylic acids is 1. The summed E-state index contributed by atoms with van der Waals surface area (Å²) in [7, 11) is 0. The minimum Gasteiger partial charge on any atom is -0.361 e. The van der Waals surface area contributed by atoms with Crippen LogP contribution in [0.5, 0.6) is 0 Å². The van der Waals surface area contributed by atoms with Crippen LogP contribution < -0.4 is 5.32 Å². The summed E-state index contributed by atoms with van der Waals surface area (Å²) in [6, 6.07) is 8.50. The zero-order valence-corrected chi connectivity index (χ0v) is 12.4. The number of para-hydroxylation sites is 1. The number of carbonyl (C=O) groups is 1. The summed E-state index contributed by atoms with van der Waals surface area (Å²) in [5.74, 6) is 0.152. The van der Waals surface area contributed by atoms with Gasteiger partial charge in [-0.15, -0.1) is 0 Å². The minimum absolute atomic E-state index is 0.152. The highest BCUT2D eigenvalue weighted by Gasteiger charge is 2.09. The van der Waals surface area contributed by atoms with E-state index in [0.29, 0.717) is 6.42 Å². The molecule has 2 rings (SSSR count). The third-order valence-electron chi connectivity index (χ3n) is 3.69. The van der Waals surface area contributed by atoms with Crippen LogP contribution in [0.3, 0.4) is 0 Å². The molecule has 2 aromatic rings. The predicted octanol–water partition coefficient (Wildman–Crippen LogP) is 3.80. The quantitative estimate of drug-likeness (QED) is 0.791. The molecule has 1 unspecified atom stereocenters. The number of aromatic nitrogens is 1. The van der Waals surface area contributed by atoms with Crippen molar-refractivity contribution in [1.29, 1.82) is 0 Å². The van der Waals surface area contributed by atoms with Crippen LogP contribution in [0.25, 0.3) is 10.9 Å². The SMILES string of the molecule is CCCCC(C)NC(=O)CCc1c[nH]c2ccccc12. The molecule has 2 N–H and O–H groups in total. The molecule has 0 bridgehead atoms. The number of unbranched alkanes of at least 4 members (excludes halogenated alkanes) is 1. The Morgan fingerprint density at radius 2 is 2.15 bits per heavy atom. The van der Waals surface area contributed by atoms with Crippen molar-refractivity contribution >= 4 is 16.8 Å². The third-order valence-corrected chi connectivity index (χ3v) is 3.69. The summed E-state index contributed by atoms with van der Waals surface area (Å²) >= 11 is 0. The summed E-state index contributed by atoms with van der Waals surface area (Å²) in [5.41, 5.74) is 2.36. The molecule has 1 heterocycles. The van der Waals surface area contributed by atoms with Gasteiger partial charge in [-0.1, -0.05) is 38.0 Å². The van der Waals surface area contributed by atoms with E-state index in [9.17, 15) is 4.79 Å².